The summed E-state index contributed by atoms with van der Waals surface area (Å²) in [5, 5.41) is 0. The van der Waals surface area contributed by atoms with Gasteiger partial charge in [-0.05, 0) is 32.8 Å². The summed E-state index contributed by atoms with van der Waals surface area (Å²) in [6.07, 6.45) is 3.65. The van der Waals surface area contributed by atoms with E-state index in [1.807, 2.05) is 13.8 Å². The Labute approximate surface area is 79.0 Å². The maximum atomic E-state index is 11.4. The Morgan fingerprint density at radius 1 is 1.62 bits per heavy atom. The lowest BCUT2D eigenvalue weighted by atomic mass is 9.70. The monoisotopic (exact) mass is 180 g/mol. The molecule has 1 unspecified atom stereocenters. The number of Topliss-reactive ketones (excluding diaryl/α,β-unsaturated/α-hetero) is 1. The summed E-state index contributed by atoms with van der Waals surface area (Å²) < 4.78 is 0. The van der Waals surface area contributed by atoms with Gasteiger partial charge in [0.1, 0.15) is 5.78 Å². The molecule has 1 atom stereocenters. The third-order valence-electron chi connectivity index (χ3n) is 3.07. The number of ketones is 2. The second-order valence-electron chi connectivity index (χ2n) is 3.88. The molecule has 1 rings (SSSR count). The first-order valence-electron chi connectivity index (χ1n) is 4.75. The van der Waals surface area contributed by atoms with Gasteiger partial charge >= 0.3 is 0 Å². The molecule has 0 radical (unpaired) electrons. The lowest BCUT2D eigenvalue weighted by molar-refractivity contribution is -0.125. The van der Waals surface area contributed by atoms with Gasteiger partial charge in [-0.1, -0.05) is 12.5 Å². The fraction of sp³-hybridized carbons (Fsp3) is 0.636. The number of carbonyl (C=O) groups is 2. The largest absolute Gasteiger partial charge is 0.299 e. The standard InChI is InChI=1S/C11H16O2/c1-4-9-7-10(13)5-6-11(9,3)8(2)12/h7H,4-6H2,1-3H3. The van der Waals surface area contributed by atoms with Gasteiger partial charge < -0.3 is 0 Å². The van der Waals surface area contributed by atoms with Crippen LogP contribution >= 0.6 is 0 Å². The van der Waals surface area contributed by atoms with Gasteiger partial charge in [-0.15, -0.1) is 0 Å². The van der Waals surface area contributed by atoms with Gasteiger partial charge in [-0.2, -0.15) is 0 Å². The zero-order chi connectivity index (χ0) is 10.1. The Morgan fingerprint density at radius 2 is 2.23 bits per heavy atom. The first-order chi connectivity index (χ1) is 6.00. The Kier molecular flexibility index (Phi) is 2.69. The summed E-state index contributed by atoms with van der Waals surface area (Å²) in [5.74, 6) is 0.337. The molecule has 0 spiro atoms. The van der Waals surface area contributed by atoms with E-state index in [9.17, 15) is 9.59 Å². The fourth-order valence-electron chi connectivity index (χ4n) is 1.85. The number of allylic oxidation sites excluding steroid dienone is 2. The van der Waals surface area contributed by atoms with Gasteiger partial charge in [-0.25, -0.2) is 0 Å². The molecule has 2 heteroatoms. The number of rotatable bonds is 2. The molecule has 13 heavy (non-hydrogen) atoms. The van der Waals surface area contributed by atoms with Crippen LogP contribution in [-0.4, -0.2) is 11.6 Å². The minimum absolute atomic E-state index is 0.163. The summed E-state index contributed by atoms with van der Waals surface area (Å²) in [6.45, 7) is 5.54. The lowest BCUT2D eigenvalue weighted by Gasteiger charge is -2.32. The van der Waals surface area contributed by atoms with Crippen molar-refractivity contribution in [2.75, 3.05) is 0 Å². The molecule has 0 aromatic rings. The highest BCUT2D eigenvalue weighted by molar-refractivity contribution is 5.96. The molecule has 72 valence electrons. The number of hydrogen-bond donors (Lipinski definition) is 0. The average Bonchev–Trinajstić information content (AvgIpc) is 2.09. The van der Waals surface area contributed by atoms with E-state index < -0.39 is 0 Å². The van der Waals surface area contributed by atoms with Gasteiger partial charge in [0.15, 0.2) is 5.78 Å². The third kappa shape index (κ3) is 1.71. The van der Waals surface area contributed by atoms with Crippen LogP contribution in [0.4, 0.5) is 0 Å². The smallest absolute Gasteiger partial charge is 0.155 e. The molecule has 0 aromatic heterocycles. The van der Waals surface area contributed by atoms with Crippen LogP contribution in [0.15, 0.2) is 11.6 Å². The van der Waals surface area contributed by atoms with Crippen LogP contribution in [0.5, 0.6) is 0 Å². The number of hydrogen-bond acceptors (Lipinski definition) is 2. The Balaban J connectivity index is 3.06. The van der Waals surface area contributed by atoms with Crippen LogP contribution in [0, 0.1) is 5.41 Å². The van der Waals surface area contributed by atoms with Crippen LogP contribution in [0.1, 0.15) is 40.0 Å². The first-order valence-corrected chi connectivity index (χ1v) is 4.75. The molecule has 0 aromatic carbocycles. The second-order valence-corrected chi connectivity index (χ2v) is 3.88. The predicted octanol–water partition coefficient (Wildman–Crippen LogP) is 2.28. The number of carbonyl (C=O) groups excluding carboxylic acids is 2. The van der Waals surface area contributed by atoms with E-state index in [1.165, 1.54) is 0 Å². The van der Waals surface area contributed by atoms with Gasteiger partial charge in [0, 0.05) is 11.8 Å². The molecule has 0 heterocycles. The molecule has 0 amide bonds. The third-order valence-corrected chi connectivity index (χ3v) is 3.07. The van der Waals surface area contributed by atoms with Crippen molar-refractivity contribution in [3.8, 4) is 0 Å². The van der Waals surface area contributed by atoms with Gasteiger partial charge in [0.2, 0.25) is 0 Å². The molecule has 1 aliphatic rings. The molecule has 0 bridgehead atoms. The maximum Gasteiger partial charge on any atom is 0.155 e. The van der Waals surface area contributed by atoms with Crippen molar-refractivity contribution in [2.24, 2.45) is 5.41 Å². The van der Waals surface area contributed by atoms with Gasteiger partial charge in [-0.3, -0.25) is 9.59 Å². The Bertz CT molecular complexity index is 276. The maximum absolute atomic E-state index is 11.4. The minimum atomic E-state index is -0.372. The topological polar surface area (TPSA) is 34.1 Å². The highest BCUT2D eigenvalue weighted by atomic mass is 16.1. The molecule has 0 N–H and O–H groups in total. The van der Waals surface area contributed by atoms with E-state index in [0.717, 1.165) is 12.0 Å². The van der Waals surface area contributed by atoms with Crippen molar-refractivity contribution in [3.63, 3.8) is 0 Å². The fourth-order valence-corrected chi connectivity index (χ4v) is 1.85. The molecular weight excluding hydrogens is 164 g/mol. The van der Waals surface area contributed by atoms with Crippen LogP contribution in [0.2, 0.25) is 0 Å². The summed E-state index contributed by atoms with van der Waals surface area (Å²) >= 11 is 0. The van der Waals surface area contributed by atoms with Crippen molar-refractivity contribution in [1.82, 2.24) is 0 Å². The van der Waals surface area contributed by atoms with Crippen LogP contribution < -0.4 is 0 Å². The van der Waals surface area contributed by atoms with Crippen molar-refractivity contribution in [1.29, 1.82) is 0 Å². The quantitative estimate of drug-likeness (QED) is 0.653. The summed E-state index contributed by atoms with van der Waals surface area (Å²) in [7, 11) is 0. The molecule has 0 aliphatic heterocycles. The van der Waals surface area contributed by atoms with E-state index in [-0.39, 0.29) is 17.0 Å². The van der Waals surface area contributed by atoms with Gasteiger partial charge in [0.25, 0.3) is 0 Å². The van der Waals surface area contributed by atoms with Crippen molar-refractivity contribution in [3.05, 3.63) is 11.6 Å². The van der Waals surface area contributed by atoms with Crippen molar-refractivity contribution >= 4 is 11.6 Å². The normalized spacial score (nSPS) is 28.5. The SMILES string of the molecule is CCC1=CC(=O)CCC1(C)C(C)=O. The molecular formula is C11H16O2. The van der Waals surface area contributed by atoms with E-state index >= 15 is 0 Å². The highest BCUT2D eigenvalue weighted by Crippen LogP contribution is 2.38. The summed E-state index contributed by atoms with van der Waals surface area (Å²) in [4.78, 5) is 22.6. The zero-order valence-corrected chi connectivity index (χ0v) is 8.52. The average molecular weight is 180 g/mol. The molecule has 1 aliphatic carbocycles. The molecule has 0 saturated heterocycles. The van der Waals surface area contributed by atoms with E-state index in [4.69, 9.17) is 0 Å². The Morgan fingerprint density at radius 3 is 2.69 bits per heavy atom. The van der Waals surface area contributed by atoms with Gasteiger partial charge in [0.05, 0.1) is 0 Å². The summed E-state index contributed by atoms with van der Waals surface area (Å²) in [5.41, 5.74) is 0.624. The van der Waals surface area contributed by atoms with E-state index in [2.05, 4.69) is 0 Å². The second kappa shape index (κ2) is 3.44. The van der Waals surface area contributed by atoms with E-state index in [1.54, 1.807) is 13.0 Å². The molecule has 0 fully saturated rings. The minimum Gasteiger partial charge on any atom is -0.299 e. The van der Waals surface area contributed by atoms with E-state index in [0.29, 0.717) is 12.8 Å². The Hall–Kier alpha value is -0.920. The van der Waals surface area contributed by atoms with Crippen LogP contribution in [0.3, 0.4) is 0 Å². The molecule has 2 nitrogen and oxygen atoms in total. The molecule has 0 saturated carbocycles. The van der Waals surface area contributed by atoms with Crippen LogP contribution in [0.25, 0.3) is 0 Å². The predicted molar refractivity (Wildman–Crippen MR) is 51.4 cm³/mol. The van der Waals surface area contributed by atoms with Crippen molar-refractivity contribution < 1.29 is 9.59 Å². The van der Waals surface area contributed by atoms with Crippen molar-refractivity contribution in [2.45, 2.75) is 40.0 Å². The lowest BCUT2D eigenvalue weighted by Crippen LogP contribution is -2.31. The zero-order valence-electron chi connectivity index (χ0n) is 8.52. The van der Waals surface area contributed by atoms with Crippen LogP contribution in [-0.2, 0) is 9.59 Å². The highest BCUT2D eigenvalue weighted by Gasteiger charge is 2.36. The summed E-state index contributed by atoms with van der Waals surface area (Å²) in [6, 6.07) is 0. The first kappa shape index (κ1) is 10.2.